The Labute approximate surface area is 161 Å². The number of nitrogens with one attached hydrogen (secondary N) is 1. The summed E-state index contributed by atoms with van der Waals surface area (Å²) in [6.45, 7) is 4.54. The second-order valence-electron chi connectivity index (χ2n) is 6.66. The number of nitrogens with zero attached hydrogens (tertiary/aromatic N) is 2. The molecule has 1 saturated carbocycles. The van der Waals surface area contributed by atoms with Gasteiger partial charge in [0.2, 0.25) is 5.91 Å². The van der Waals surface area contributed by atoms with Crippen LogP contribution < -0.4 is 5.32 Å². The third-order valence-corrected chi connectivity index (χ3v) is 4.86. The minimum Gasteiger partial charge on any atom is -0.467 e. The lowest BCUT2D eigenvalue weighted by atomic mass is 10.2. The molecule has 25 heavy (non-hydrogen) atoms. The van der Waals surface area contributed by atoms with E-state index in [9.17, 15) is 9.90 Å². The van der Waals surface area contributed by atoms with Gasteiger partial charge < -0.3 is 14.8 Å². The maximum absolute atomic E-state index is 12.1. The van der Waals surface area contributed by atoms with Crippen LogP contribution in [0.3, 0.4) is 0 Å². The molecule has 0 radical (unpaired) electrons. The lowest BCUT2D eigenvalue weighted by Crippen LogP contribution is -2.50. The van der Waals surface area contributed by atoms with Gasteiger partial charge in [-0.1, -0.05) is 12.8 Å². The Bertz CT molecular complexity index is 487. The molecule has 0 spiro atoms. The highest BCUT2D eigenvalue weighted by molar-refractivity contribution is 5.85. The van der Waals surface area contributed by atoms with E-state index in [2.05, 4.69) is 15.1 Å². The zero-order chi connectivity index (χ0) is 16.1. The van der Waals surface area contributed by atoms with Crippen LogP contribution in [-0.2, 0) is 4.79 Å². The van der Waals surface area contributed by atoms with Crippen LogP contribution in [0.2, 0.25) is 0 Å². The normalized spacial score (nSPS) is 20.5. The highest BCUT2D eigenvalue weighted by Gasteiger charge is 2.23. The first-order chi connectivity index (χ1) is 11.2. The number of β-amino-alcohol motifs (C(OH)–C–C–N with tert-alkyl or cyclic N) is 1. The van der Waals surface area contributed by atoms with Crippen molar-refractivity contribution in [2.45, 2.75) is 37.8 Å². The second kappa shape index (κ2) is 11.0. The van der Waals surface area contributed by atoms with Crippen LogP contribution in [0, 0.1) is 0 Å². The number of aliphatic hydroxyl groups is 1. The average Bonchev–Trinajstić information content (AvgIpc) is 3.22. The van der Waals surface area contributed by atoms with Crippen LogP contribution >= 0.6 is 24.8 Å². The minimum absolute atomic E-state index is 0. The SMILES string of the molecule is Cl.Cl.O=C(CN1CCN(CC(O)c2ccco2)CC1)NC1CCCC1. The number of carbonyl (C=O) groups excluding carboxylic acids is 1. The number of hydrogen-bond donors (Lipinski definition) is 2. The number of halogens is 2. The van der Waals surface area contributed by atoms with Gasteiger partial charge in [-0.25, -0.2) is 0 Å². The molecule has 2 N–H and O–H groups in total. The number of hydrogen-bond acceptors (Lipinski definition) is 5. The van der Waals surface area contributed by atoms with Crippen LogP contribution in [-0.4, -0.2) is 66.1 Å². The number of aliphatic hydroxyl groups excluding tert-OH is 1. The van der Waals surface area contributed by atoms with E-state index in [1.54, 1.807) is 18.4 Å². The van der Waals surface area contributed by atoms with Gasteiger partial charge in [-0.15, -0.1) is 24.8 Å². The molecule has 8 heteroatoms. The molecule has 1 saturated heterocycles. The first-order valence-corrected chi connectivity index (χ1v) is 8.66. The maximum Gasteiger partial charge on any atom is 0.234 e. The van der Waals surface area contributed by atoms with Gasteiger partial charge in [-0.2, -0.15) is 0 Å². The van der Waals surface area contributed by atoms with Crippen LogP contribution in [0.5, 0.6) is 0 Å². The monoisotopic (exact) mass is 393 g/mol. The van der Waals surface area contributed by atoms with E-state index in [-0.39, 0.29) is 30.7 Å². The Morgan fingerprint density at radius 2 is 1.84 bits per heavy atom. The quantitative estimate of drug-likeness (QED) is 0.771. The van der Waals surface area contributed by atoms with Crippen molar-refractivity contribution in [3.63, 3.8) is 0 Å². The largest absolute Gasteiger partial charge is 0.467 e. The predicted molar refractivity (Wildman–Crippen MR) is 101 cm³/mol. The van der Waals surface area contributed by atoms with E-state index in [1.807, 2.05) is 0 Å². The summed E-state index contributed by atoms with van der Waals surface area (Å²) < 4.78 is 5.23. The molecule has 3 rings (SSSR count). The summed E-state index contributed by atoms with van der Waals surface area (Å²) in [5, 5.41) is 13.3. The molecule has 1 aliphatic carbocycles. The summed E-state index contributed by atoms with van der Waals surface area (Å²) in [6.07, 6.45) is 5.74. The van der Waals surface area contributed by atoms with Gasteiger partial charge in [0.15, 0.2) is 0 Å². The Morgan fingerprint density at radius 3 is 2.44 bits per heavy atom. The molecule has 2 heterocycles. The lowest BCUT2D eigenvalue weighted by Gasteiger charge is -2.35. The zero-order valence-electron chi connectivity index (χ0n) is 14.4. The molecule has 2 aliphatic rings. The van der Waals surface area contributed by atoms with Gasteiger partial charge >= 0.3 is 0 Å². The minimum atomic E-state index is -0.581. The zero-order valence-corrected chi connectivity index (χ0v) is 16.1. The van der Waals surface area contributed by atoms with E-state index in [0.717, 1.165) is 39.0 Å². The maximum atomic E-state index is 12.1. The Morgan fingerprint density at radius 1 is 1.20 bits per heavy atom. The molecule has 144 valence electrons. The van der Waals surface area contributed by atoms with Crippen molar-refractivity contribution in [3.05, 3.63) is 24.2 Å². The molecule has 1 amide bonds. The highest BCUT2D eigenvalue weighted by atomic mass is 35.5. The third-order valence-electron chi connectivity index (χ3n) is 4.86. The molecule has 1 aliphatic heterocycles. The molecular weight excluding hydrogens is 365 g/mol. The van der Waals surface area contributed by atoms with Crippen molar-refractivity contribution in [1.29, 1.82) is 0 Å². The number of piperazine rings is 1. The van der Waals surface area contributed by atoms with Crippen molar-refractivity contribution in [1.82, 2.24) is 15.1 Å². The molecule has 1 atom stereocenters. The smallest absolute Gasteiger partial charge is 0.234 e. The molecule has 2 fully saturated rings. The topological polar surface area (TPSA) is 69.0 Å². The van der Waals surface area contributed by atoms with Gasteiger partial charge in [0.1, 0.15) is 11.9 Å². The highest BCUT2D eigenvalue weighted by Crippen LogP contribution is 2.18. The molecule has 1 aromatic heterocycles. The number of rotatable bonds is 6. The molecular formula is C17H29Cl2N3O3. The number of carbonyl (C=O) groups is 1. The van der Waals surface area contributed by atoms with E-state index in [0.29, 0.717) is 24.9 Å². The van der Waals surface area contributed by atoms with Crippen LogP contribution in [0.15, 0.2) is 22.8 Å². The van der Waals surface area contributed by atoms with Gasteiger partial charge in [-0.3, -0.25) is 14.6 Å². The van der Waals surface area contributed by atoms with E-state index >= 15 is 0 Å². The fourth-order valence-electron chi connectivity index (χ4n) is 3.49. The fraction of sp³-hybridized carbons (Fsp3) is 0.706. The number of amides is 1. The van der Waals surface area contributed by atoms with Crippen LogP contribution in [0.1, 0.15) is 37.5 Å². The Hall–Kier alpha value is -0.790. The van der Waals surface area contributed by atoms with Crippen molar-refractivity contribution in [3.8, 4) is 0 Å². The van der Waals surface area contributed by atoms with Crippen molar-refractivity contribution < 1.29 is 14.3 Å². The van der Waals surface area contributed by atoms with Crippen LogP contribution in [0.4, 0.5) is 0 Å². The summed E-state index contributed by atoms with van der Waals surface area (Å²) in [5.41, 5.74) is 0. The summed E-state index contributed by atoms with van der Waals surface area (Å²) in [6, 6.07) is 3.99. The molecule has 0 aromatic carbocycles. The third kappa shape index (κ3) is 6.79. The lowest BCUT2D eigenvalue weighted by molar-refractivity contribution is -0.123. The number of furan rings is 1. The first kappa shape index (κ1) is 22.3. The van der Waals surface area contributed by atoms with Crippen molar-refractivity contribution in [2.24, 2.45) is 0 Å². The summed E-state index contributed by atoms with van der Waals surface area (Å²) in [5.74, 6) is 0.768. The summed E-state index contributed by atoms with van der Waals surface area (Å²) >= 11 is 0. The Balaban J connectivity index is 0.00000156. The van der Waals surface area contributed by atoms with E-state index in [1.165, 1.54) is 12.8 Å². The summed E-state index contributed by atoms with van der Waals surface area (Å²) in [7, 11) is 0. The predicted octanol–water partition coefficient (Wildman–Crippen LogP) is 1.83. The van der Waals surface area contributed by atoms with Gasteiger partial charge in [-0.05, 0) is 25.0 Å². The molecule has 1 aromatic rings. The van der Waals surface area contributed by atoms with Gasteiger partial charge in [0.05, 0.1) is 12.8 Å². The Kier molecular flexibility index (Phi) is 9.82. The van der Waals surface area contributed by atoms with Gasteiger partial charge in [0, 0.05) is 38.8 Å². The molecule has 6 nitrogen and oxygen atoms in total. The summed E-state index contributed by atoms with van der Waals surface area (Å²) in [4.78, 5) is 16.5. The van der Waals surface area contributed by atoms with E-state index in [4.69, 9.17) is 4.42 Å². The molecule has 1 unspecified atom stereocenters. The fourth-order valence-corrected chi connectivity index (χ4v) is 3.49. The second-order valence-corrected chi connectivity index (χ2v) is 6.66. The average molecular weight is 394 g/mol. The van der Waals surface area contributed by atoms with Crippen LogP contribution in [0.25, 0.3) is 0 Å². The van der Waals surface area contributed by atoms with Gasteiger partial charge in [0.25, 0.3) is 0 Å². The molecule has 0 bridgehead atoms. The standard InChI is InChI=1S/C17H27N3O3.2ClH/c21-15(16-6-3-11-23-16)12-19-7-9-20(10-8-19)13-17(22)18-14-4-1-2-5-14;;/h3,6,11,14-15,21H,1-2,4-5,7-10,12-13H2,(H,18,22);2*1H. The van der Waals surface area contributed by atoms with E-state index < -0.39 is 6.10 Å². The van der Waals surface area contributed by atoms with Crippen molar-refractivity contribution >= 4 is 30.7 Å². The van der Waals surface area contributed by atoms with Crippen molar-refractivity contribution in [2.75, 3.05) is 39.3 Å². The first-order valence-electron chi connectivity index (χ1n) is 8.66.